The maximum atomic E-state index is 11.7. The van der Waals surface area contributed by atoms with Gasteiger partial charge in [-0.15, -0.1) is 0 Å². The highest BCUT2D eigenvalue weighted by Gasteiger charge is 2.14. The van der Waals surface area contributed by atoms with E-state index in [-0.39, 0.29) is 30.0 Å². The molecule has 1 amide bonds. The van der Waals surface area contributed by atoms with E-state index in [0.29, 0.717) is 11.4 Å². The van der Waals surface area contributed by atoms with Gasteiger partial charge in [0.1, 0.15) is 11.5 Å². The molecule has 0 fully saturated rings. The van der Waals surface area contributed by atoms with Crippen molar-refractivity contribution in [2.45, 2.75) is 26.3 Å². The van der Waals surface area contributed by atoms with Gasteiger partial charge in [-0.3, -0.25) is 4.79 Å². The number of hydrogen-bond donors (Lipinski definition) is 3. The quantitative estimate of drug-likeness (QED) is 0.696. The van der Waals surface area contributed by atoms with Crippen molar-refractivity contribution >= 4 is 11.6 Å². The first-order valence-electron chi connectivity index (χ1n) is 5.86. The van der Waals surface area contributed by atoms with E-state index >= 15 is 0 Å². The van der Waals surface area contributed by atoms with E-state index in [0.717, 1.165) is 0 Å². The largest absolute Gasteiger partial charge is 0.506 e. The average Bonchev–Trinajstić information content (AvgIpc) is 2.31. The van der Waals surface area contributed by atoms with E-state index in [2.05, 4.69) is 5.32 Å². The summed E-state index contributed by atoms with van der Waals surface area (Å²) < 4.78 is 5.02. The smallest absolute Gasteiger partial charge is 0.226 e. The van der Waals surface area contributed by atoms with Gasteiger partial charge in [-0.2, -0.15) is 0 Å². The second-order valence-corrected chi connectivity index (χ2v) is 4.54. The van der Waals surface area contributed by atoms with E-state index in [4.69, 9.17) is 10.5 Å². The molecule has 0 spiro atoms. The highest BCUT2D eigenvalue weighted by Crippen LogP contribution is 2.27. The number of nitrogens with two attached hydrogens (primary N) is 1. The lowest BCUT2D eigenvalue weighted by atomic mass is 10.0. The zero-order chi connectivity index (χ0) is 13.7. The molecular formula is C13H20N2O3. The van der Waals surface area contributed by atoms with Crippen LogP contribution in [-0.2, 0) is 4.79 Å². The van der Waals surface area contributed by atoms with Crippen LogP contribution in [0.5, 0.6) is 11.5 Å². The van der Waals surface area contributed by atoms with E-state index < -0.39 is 0 Å². The molecule has 1 aromatic rings. The minimum absolute atomic E-state index is 0.00210. The van der Waals surface area contributed by atoms with Crippen molar-refractivity contribution in [1.82, 2.24) is 0 Å². The number of methoxy groups -OCH3 is 1. The van der Waals surface area contributed by atoms with Crippen LogP contribution in [0.1, 0.15) is 20.3 Å². The molecule has 0 radical (unpaired) electrons. The number of anilines is 1. The number of ether oxygens (including phenoxy) is 1. The molecule has 1 unspecified atom stereocenters. The second kappa shape index (κ2) is 6.26. The molecule has 0 aliphatic rings. The molecule has 0 heterocycles. The molecule has 0 bridgehead atoms. The Kier molecular flexibility index (Phi) is 4.97. The molecule has 0 saturated carbocycles. The van der Waals surface area contributed by atoms with E-state index in [1.165, 1.54) is 13.2 Å². The molecule has 100 valence electrons. The van der Waals surface area contributed by atoms with Gasteiger partial charge in [-0.05, 0) is 18.1 Å². The molecule has 5 heteroatoms. The summed E-state index contributed by atoms with van der Waals surface area (Å²) >= 11 is 0. The summed E-state index contributed by atoms with van der Waals surface area (Å²) in [4.78, 5) is 11.7. The molecule has 1 rings (SSSR count). The van der Waals surface area contributed by atoms with Crippen molar-refractivity contribution < 1.29 is 14.6 Å². The Bertz CT molecular complexity index is 419. The van der Waals surface area contributed by atoms with Crippen molar-refractivity contribution in [3.8, 4) is 11.5 Å². The Morgan fingerprint density at radius 2 is 2.17 bits per heavy atom. The summed E-state index contributed by atoms with van der Waals surface area (Å²) in [5.74, 6) is 0.577. The van der Waals surface area contributed by atoms with Crippen molar-refractivity contribution in [2.75, 3.05) is 12.4 Å². The first-order valence-corrected chi connectivity index (χ1v) is 5.86. The normalized spacial score (nSPS) is 12.3. The molecule has 0 aromatic heterocycles. The van der Waals surface area contributed by atoms with Gasteiger partial charge in [0.25, 0.3) is 0 Å². The van der Waals surface area contributed by atoms with E-state index in [1.54, 1.807) is 12.1 Å². The summed E-state index contributed by atoms with van der Waals surface area (Å²) in [5, 5.41) is 12.2. The van der Waals surface area contributed by atoms with Gasteiger partial charge in [0, 0.05) is 18.5 Å². The van der Waals surface area contributed by atoms with Gasteiger partial charge in [-0.1, -0.05) is 13.8 Å². The number of hydrogen-bond acceptors (Lipinski definition) is 4. The number of carbonyl (C=O) groups is 1. The number of phenolic OH excluding ortho intramolecular Hbond substituents is 1. The highest BCUT2D eigenvalue weighted by molar-refractivity contribution is 5.92. The lowest BCUT2D eigenvalue weighted by Gasteiger charge is -2.15. The molecule has 0 aliphatic heterocycles. The van der Waals surface area contributed by atoms with Crippen molar-refractivity contribution in [3.63, 3.8) is 0 Å². The number of aromatic hydroxyl groups is 1. The zero-order valence-electron chi connectivity index (χ0n) is 10.9. The van der Waals surface area contributed by atoms with Crippen LogP contribution in [0.3, 0.4) is 0 Å². The lowest BCUT2D eigenvalue weighted by molar-refractivity contribution is -0.116. The van der Waals surface area contributed by atoms with Crippen LogP contribution in [0.25, 0.3) is 0 Å². The fourth-order valence-corrected chi connectivity index (χ4v) is 1.39. The van der Waals surface area contributed by atoms with Crippen LogP contribution in [0, 0.1) is 5.92 Å². The van der Waals surface area contributed by atoms with Crippen LogP contribution in [0.2, 0.25) is 0 Å². The Balaban J connectivity index is 2.69. The van der Waals surface area contributed by atoms with Crippen molar-refractivity contribution in [2.24, 2.45) is 11.7 Å². The summed E-state index contributed by atoms with van der Waals surface area (Å²) in [6, 6.07) is 4.45. The van der Waals surface area contributed by atoms with Gasteiger partial charge in [-0.25, -0.2) is 0 Å². The van der Waals surface area contributed by atoms with Crippen molar-refractivity contribution in [3.05, 3.63) is 18.2 Å². The minimum atomic E-state index is -0.222. The SMILES string of the molecule is COc1ccc(O)c(NC(=O)CC(N)C(C)C)c1. The molecule has 1 atom stereocenters. The molecule has 4 N–H and O–H groups in total. The summed E-state index contributed by atoms with van der Waals surface area (Å²) in [7, 11) is 1.52. The maximum Gasteiger partial charge on any atom is 0.226 e. The first kappa shape index (κ1) is 14.3. The van der Waals surface area contributed by atoms with E-state index in [1.807, 2.05) is 13.8 Å². The minimum Gasteiger partial charge on any atom is -0.506 e. The number of phenols is 1. The van der Waals surface area contributed by atoms with Gasteiger partial charge in [0.05, 0.1) is 12.8 Å². The summed E-state index contributed by atoms with van der Waals surface area (Å²) in [5.41, 5.74) is 6.15. The number of rotatable bonds is 5. The van der Waals surface area contributed by atoms with Gasteiger partial charge < -0.3 is 20.9 Å². The summed E-state index contributed by atoms with van der Waals surface area (Å²) in [6.45, 7) is 3.92. The fourth-order valence-electron chi connectivity index (χ4n) is 1.39. The number of nitrogens with one attached hydrogen (secondary N) is 1. The predicted molar refractivity (Wildman–Crippen MR) is 70.7 cm³/mol. The highest BCUT2D eigenvalue weighted by atomic mass is 16.5. The summed E-state index contributed by atoms with van der Waals surface area (Å²) in [6.07, 6.45) is 0.217. The molecule has 5 nitrogen and oxygen atoms in total. The Hall–Kier alpha value is -1.75. The van der Waals surface area contributed by atoms with Crippen LogP contribution in [-0.4, -0.2) is 24.2 Å². The Morgan fingerprint density at radius 1 is 1.50 bits per heavy atom. The number of carbonyl (C=O) groups excluding carboxylic acids is 1. The predicted octanol–water partition coefficient (Wildman–Crippen LogP) is 1.71. The average molecular weight is 252 g/mol. The molecule has 0 aliphatic carbocycles. The third-order valence-electron chi connectivity index (χ3n) is 2.76. The standard InChI is InChI=1S/C13H20N2O3/c1-8(2)10(14)7-13(17)15-11-6-9(18-3)4-5-12(11)16/h4-6,8,10,16H,7,14H2,1-3H3,(H,15,17). The molecule has 0 saturated heterocycles. The molecule has 1 aromatic carbocycles. The third kappa shape index (κ3) is 3.92. The topological polar surface area (TPSA) is 84.6 Å². The van der Waals surface area contributed by atoms with Gasteiger partial charge in [0.15, 0.2) is 0 Å². The lowest BCUT2D eigenvalue weighted by Crippen LogP contribution is -2.31. The van der Waals surface area contributed by atoms with Gasteiger partial charge >= 0.3 is 0 Å². The van der Waals surface area contributed by atoms with Crippen LogP contribution in [0.4, 0.5) is 5.69 Å². The monoisotopic (exact) mass is 252 g/mol. The zero-order valence-corrected chi connectivity index (χ0v) is 10.9. The fraction of sp³-hybridized carbons (Fsp3) is 0.462. The maximum absolute atomic E-state index is 11.7. The Labute approximate surface area is 107 Å². The van der Waals surface area contributed by atoms with Crippen LogP contribution < -0.4 is 15.8 Å². The first-order chi connectivity index (χ1) is 8.43. The number of benzene rings is 1. The van der Waals surface area contributed by atoms with E-state index in [9.17, 15) is 9.90 Å². The van der Waals surface area contributed by atoms with Crippen LogP contribution >= 0.6 is 0 Å². The molecular weight excluding hydrogens is 232 g/mol. The Morgan fingerprint density at radius 3 is 2.72 bits per heavy atom. The second-order valence-electron chi connectivity index (χ2n) is 4.54. The number of amides is 1. The van der Waals surface area contributed by atoms with Crippen molar-refractivity contribution in [1.29, 1.82) is 0 Å². The third-order valence-corrected chi connectivity index (χ3v) is 2.76. The van der Waals surface area contributed by atoms with Crippen LogP contribution in [0.15, 0.2) is 18.2 Å². The molecule has 18 heavy (non-hydrogen) atoms. The van der Waals surface area contributed by atoms with Gasteiger partial charge in [0.2, 0.25) is 5.91 Å².